The van der Waals surface area contributed by atoms with Crippen LogP contribution in [-0.4, -0.2) is 13.4 Å². The van der Waals surface area contributed by atoms with Crippen LogP contribution in [-0.2, 0) is 16.6 Å². The average molecular weight is 408 g/mol. The molecule has 146 valence electrons. The molecule has 2 heterocycles. The van der Waals surface area contributed by atoms with Crippen LogP contribution in [0.5, 0.6) is 0 Å². The van der Waals surface area contributed by atoms with Gasteiger partial charge in [0.2, 0.25) is 10.0 Å². The van der Waals surface area contributed by atoms with Crippen LogP contribution in [0.2, 0.25) is 0 Å². The highest BCUT2D eigenvalue weighted by atomic mass is 32.2. The molecule has 1 N–H and O–H groups in total. The minimum Gasteiger partial charge on any atom is -0.463 e. The minimum absolute atomic E-state index is 0.119. The predicted molar refractivity (Wildman–Crippen MR) is 108 cm³/mol. The highest BCUT2D eigenvalue weighted by molar-refractivity contribution is 7.89. The van der Waals surface area contributed by atoms with E-state index in [0.717, 1.165) is 16.7 Å². The third-order valence-electron chi connectivity index (χ3n) is 4.41. The van der Waals surface area contributed by atoms with Crippen LogP contribution >= 0.6 is 0 Å². The lowest BCUT2D eigenvalue weighted by Crippen LogP contribution is -2.23. The van der Waals surface area contributed by atoms with Crippen molar-refractivity contribution in [1.82, 2.24) is 9.71 Å². The molecule has 0 aliphatic rings. The Morgan fingerprint density at radius 3 is 2.17 bits per heavy atom. The van der Waals surface area contributed by atoms with Gasteiger partial charge in [0.1, 0.15) is 11.5 Å². The van der Waals surface area contributed by atoms with Crippen molar-refractivity contribution < 1.29 is 17.2 Å². The number of hydrogen-bond donors (Lipinski definition) is 1. The predicted octanol–water partition coefficient (Wildman–Crippen LogP) is 4.63. The molecule has 29 heavy (non-hydrogen) atoms. The van der Waals surface area contributed by atoms with Crippen molar-refractivity contribution in [2.24, 2.45) is 0 Å². The first-order chi connectivity index (χ1) is 14.0. The Balaban J connectivity index is 1.44. The molecule has 2 aromatic carbocycles. The average Bonchev–Trinajstić information content (AvgIpc) is 3.28. The summed E-state index contributed by atoms with van der Waals surface area (Å²) in [7, 11) is -3.67. The second kappa shape index (κ2) is 7.98. The van der Waals surface area contributed by atoms with E-state index >= 15 is 0 Å². The summed E-state index contributed by atoms with van der Waals surface area (Å²) in [6, 6.07) is 19.6. The molecule has 0 saturated heterocycles. The maximum absolute atomic E-state index is 13.0. The fourth-order valence-electron chi connectivity index (χ4n) is 2.83. The lowest BCUT2D eigenvalue weighted by Gasteiger charge is -2.08. The minimum atomic E-state index is -3.67. The molecule has 0 fully saturated rings. The van der Waals surface area contributed by atoms with Crippen molar-refractivity contribution in [1.29, 1.82) is 0 Å². The van der Waals surface area contributed by atoms with Crippen LogP contribution < -0.4 is 4.72 Å². The smallest absolute Gasteiger partial charge is 0.240 e. The summed E-state index contributed by atoms with van der Waals surface area (Å²) in [6.45, 7) is 0.119. The summed E-state index contributed by atoms with van der Waals surface area (Å²) < 4.78 is 46.0. The quantitative estimate of drug-likeness (QED) is 0.505. The van der Waals surface area contributed by atoms with E-state index in [1.54, 1.807) is 61.0 Å². The standard InChI is InChI=1S/C22H17FN2O3S/c23-19-8-4-17(5-9-19)18-6-10-20(11-7-18)29(26,27)25-15-16-3-12-21(24-14-16)22-2-1-13-28-22/h1-14,25H,15H2. The van der Waals surface area contributed by atoms with Crippen LogP contribution in [0.1, 0.15) is 5.56 Å². The Kier molecular flexibility index (Phi) is 5.24. The first-order valence-electron chi connectivity index (χ1n) is 8.86. The molecule has 4 aromatic rings. The first-order valence-corrected chi connectivity index (χ1v) is 10.3. The number of hydrogen-bond acceptors (Lipinski definition) is 4. The van der Waals surface area contributed by atoms with Crippen molar-refractivity contribution in [2.75, 3.05) is 0 Å². The summed E-state index contributed by atoms with van der Waals surface area (Å²) in [4.78, 5) is 4.45. The van der Waals surface area contributed by atoms with E-state index in [1.165, 1.54) is 24.3 Å². The Morgan fingerprint density at radius 1 is 0.897 bits per heavy atom. The van der Waals surface area contributed by atoms with Gasteiger partial charge in [0.05, 0.1) is 11.2 Å². The van der Waals surface area contributed by atoms with Gasteiger partial charge in [-0.1, -0.05) is 30.3 Å². The second-order valence-electron chi connectivity index (χ2n) is 6.38. The Labute approximate surface area is 167 Å². The van der Waals surface area contributed by atoms with Crippen LogP contribution in [0.4, 0.5) is 4.39 Å². The van der Waals surface area contributed by atoms with Gasteiger partial charge >= 0.3 is 0 Å². The monoisotopic (exact) mass is 408 g/mol. The van der Waals surface area contributed by atoms with Gasteiger partial charge in [0, 0.05) is 12.7 Å². The third kappa shape index (κ3) is 4.42. The normalized spacial score (nSPS) is 11.5. The van der Waals surface area contributed by atoms with Gasteiger partial charge in [0.25, 0.3) is 0 Å². The van der Waals surface area contributed by atoms with Crippen LogP contribution in [0, 0.1) is 5.82 Å². The van der Waals surface area contributed by atoms with E-state index in [2.05, 4.69) is 9.71 Å². The number of aromatic nitrogens is 1. The lowest BCUT2D eigenvalue weighted by molar-refractivity contribution is 0.578. The van der Waals surface area contributed by atoms with Crippen molar-refractivity contribution >= 4 is 10.0 Å². The van der Waals surface area contributed by atoms with Crippen molar-refractivity contribution in [3.8, 4) is 22.6 Å². The van der Waals surface area contributed by atoms with Gasteiger partial charge in [-0.05, 0) is 59.2 Å². The molecule has 0 bridgehead atoms. The van der Waals surface area contributed by atoms with E-state index in [1.807, 2.05) is 0 Å². The number of benzene rings is 2. The Bertz CT molecular complexity index is 1190. The van der Waals surface area contributed by atoms with E-state index in [9.17, 15) is 12.8 Å². The fourth-order valence-corrected chi connectivity index (χ4v) is 3.85. The molecule has 0 aliphatic heterocycles. The SMILES string of the molecule is O=S(=O)(NCc1ccc(-c2ccco2)nc1)c1ccc(-c2ccc(F)cc2)cc1. The number of rotatable bonds is 6. The van der Waals surface area contributed by atoms with Gasteiger partial charge in [-0.3, -0.25) is 4.98 Å². The van der Waals surface area contributed by atoms with Gasteiger partial charge in [-0.15, -0.1) is 0 Å². The summed E-state index contributed by atoms with van der Waals surface area (Å²) >= 11 is 0. The highest BCUT2D eigenvalue weighted by Gasteiger charge is 2.14. The summed E-state index contributed by atoms with van der Waals surface area (Å²) in [6.07, 6.45) is 3.18. The van der Waals surface area contributed by atoms with E-state index in [0.29, 0.717) is 11.5 Å². The van der Waals surface area contributed by atoms with Crippen molar-refractivity contribution in [3.63, 3.8) is 0 Å². The van der Waals surface area contributed by atoms with Crippen LogP contribution in [0.3, 0.4) is 0 Å². The number of halogens is 1. The summed E-state index contributed by atoms with van der Waals surface area (Å²) in [5.41, 5.74) is 3.03. The largest absolute Gasteiger partial charge is 0.463 e. The van der Waals surface area contributed by atoms with Crippen molar-refractivity contribution in [3.05, 3.63) is 96.6 Å². The topological polar surface area (TPSA) is 72.2 Å². The van der Waals surface area contributed by atoms with E-state index in [-0.39, 0.29) is 17.3 Å². The summed E-state index contributed by atoms with van der Waals surface area (Å²) in [5, 5.41) is 0. The number of nitrogens with one attached hydrogen (secondary N) is 1. The zero-order valence-corrected chi connectivity index (χ0v) is 16.1. The molecule has 0 aliphatic carbocycles. The molecular formula is C22H17FN2O3S. The lowest BCUT2D eigenvalue weighted by atomic mass is 10.1. The molecule has 0 radical (unpaired) electrons. The molecule has 5 nitrogen and oxygen atoms in total. The van der Waals surface area contributed by atoms with Crippen molar-refractivity contribution in [2.45, 2.75) is 11.4 Å². The molecule has 0 atom stereocenters. The molecule has 4 rings (SSSR count). The highest BCUT2D eigenvalue weighted by Crippen LogP contribution is 2.22. The van der Waals surface area contributed by atoms with Crippen LogP contribution in [0.15, 0.2) is 94.6 Å². The number of sulfonamides is 1. The number of pyridine rings is 1. The molecular weight excluding hydrogens is 391 g/mol. The zero-order valence-electron chi connectivity index (χ0n) is 15.2. The number of nitrogens with zero attached hydrogens (tertiary/aromatic N) is 1. The molecule has 0 unspecified atom stereocenters. The van der Waals surface area contributed by atoms with Gasteiger partial charge in [0.15, 0.2) is 5.76 Å². The molecule has 7 heteroatoms. The second-order valence-corrected chi connectivity index (χ2v) is 8.15. The Hall–Kier alpha value is -3.29. The number of furan rings is 1. The molecule has 2 aromatic heterocycles. The van der Waals surface area contributed by atoms with Gasteiger partial charge < -0.3 is 4.42 Å². The molecule has 0 saturated carbocycles. The zero-order chi connectivity index (χ0) is 20.3. The van der Waals surface area contributed by atoms with Gasteiger partial charge in [-0.2, -0.15) is 0 Å². The first kappa shape index (κ1) is 19.0. The third-order valence-corrected chi connectivity index (χ3v) is 5.82. The van der Waals surface area contributed by atoms with Crippen LogP contribution in [0.25, 0.3) is 22.6 Å². The fraction of sp³-hybridized carbons (Fsp3) is 0.0455. The molecule has 0 spiro atoms. The summed E-state index contributed by atoms with van der Waals surface area (Å²) in [5.74, 6) is 0.335. The maximum Gasteiger partial charge on any atom is 0.240 e. The Morgan fingerprint density at radius 2 is 1.59 bits per heavy atom. The maximum atomic E-state index is 13.0. The van der Waals surface area contributed by atoms with Gasteiger partial charge in [-0.25, -0.2) is 17.5 Å². The van der Waals surface area contributed by atoms with E-state index < -0.39 is 10.0 Å². The molecule has 0 amide bonds. The van der Waals surface area contributed by atoms with E-state index in [4.69, 9.17) is 4.42 Å².